The van der Waals surface area contributed by atoms with Gasteiger partial charge in [-0.2, -0.15) is 0 Å². The maximum absolute atomic E-state index is 10.1. The molecule has 1 rings (SSSR count). The first-order valence-electron chi connectivity index (χ1n) is 7.37. The summed E-state index contributed by atoms with van der Waals surface area (Å²) in [5, 5.41) is 16.3. The molecule has 0 aliphatic rings. The van der Waals surface area contributed by atoms with Crippen LogP contribution in [0.1, 0.15) is 26.3 Å². The Kier molecular flexibility index (Phi) is 6.92. The fraction of sp³-hybridized carbons (Fsp3) is 0.471. The molecule has 5 nitrogen and oxygen atoms in total. The second-order valence-electron chi connectivity index (χ2n) is 6.00. The van der Waals surface area contributed by atoms with Crippen LogP contribution >= 0.6 is 0 Å². The van der Waals surface area contributed by atoms with E-state index in [1.165, 1.54) is 0 Å². The number of benzene rings is 1. The lowest BCUT2D eigenvalue weighted by atomic mass is 9.87. The van der Waals surface area contributed by atoms with Gasteiger partial charge >= 0.3 is 0 Å². The lowest BCUT2D eigenvalue weighted by Gasteiger charge is -2.21. The van der Waals surface area contributed by atoms with E-state index in [-0.39, 0.29) is 11.2 Å². The highest BCUT2D eigenvalue weighted by atomic mass is 16.5. The maximum atomic E-state index is 10.1. The molecule has 0 saturated carbocycles. The standard InChI is InChI=1S/C17H27N3O2/c1-6-9-18-16(19-10-11-22-5)20-14-12-13(17(2,3)4)7-8-15(14)21/h6-8,12,21H,1,9-11H2,2-5H3,(H2,18,19,20). The number of phenols is 1. The van der Waals surface area contributed by atoms with E-state index in [1.54, 1.807) is 19.3 Å². The van der Waals surface area contributed by atoms with Crippen LogP contribution in [-0.4, -0.2) is 37.9 Å². The minimum atomic E-state index is 0.00598. The molecule has 5 heteroatoms. The predicted molar refractivity (Wildman–Crippen MR) is 92.8 cm³/mol. The number of phenolic OH excluding ortho intramolecular Hbond substituents is 1. The van der Waals surface area contributed by atoms with Gasteiger partial charge in [0.05, 0.1) is 18.8 Å². The molecule has 1 aromatic rings. The van der Waals surface area contributed by atoms with Crippen LogP contribution in [0.15, 0.2) is 35.8 Å². The Hall–Kier alpha value is -2.01. The van der Waals surface area contributed by atoms with Crippen LogP contribution < -0.4 is 10.6 Å². The minimum Gasteiger partial charge on any atom is -0.506 e. The van der Waals surface area contributed by atoms with Gasteiger partial charge in [0.25, 0.3) is 0 Å². The molecule has 22 heavy (non-hydrogen) atoms. The van der Waals surface area contributed by atoms with E-state index in [9.17, 15) is 5.11 Å². The van der Waals surface area contributed by atoms with Gasteiger partial charge < -0.3 is 20.5 Å². The molecule has 122 valence electrons. The fourth-order valence-corrected chi connectivity index (χ4v) is 1.79. The molecular weight excluding hydrogens is 278 g/mol. The first-order valence-corrected chi connectivity index (χ1v) is 7.37. The molecule has 0 amide bonds. The molecule has 0 bridgehead atoms. The maximum Gasteiger partial charge on any atom is 0.196 e. The van der Waals surface area contributed by atoms with E-state index < -0.39 is 0 Å². The number of anilines is 1. The number of nitrogens with zero attached hydrogens (tertiary/aromatic N) is 1. The number of aromatic hydroxyl groups is 1. The lowest BCUT2D eigenvalue weighted by molar-refractivity contribution is 0.208. The second kappa shape index (κ2) is 8.44. The second-order valence-corrected chi connectivity index (χ2v) is 6.00. The number of ether oxygens (including phenoxy) is 1. The summed E-state index contributed by atoms with van der Waals surface area (Å²) < 4.78 is 5.00. The number of hydrogen-bond donors (Lipinski definition) is 3. The monoisotopic (exact) mass is 305 g/mol. The van der Waals surface area contributed by atoms with E-state index in [1.807, 2.05) is 12.1 Å². The van der Waals surface area contributed by atoms with Crippen molar-refractivity contribution in [3.8, 4) is 5.75 Å². The molecule has 0 unspecified atom stereocenters. The van der Waals surface area contributed by atoms with E-state index in [0.29, 0.717) is 31.3 Å². The van der Waals surface area contributed by atoms with Crippen molar-refractivity contribution in [3.63, 3.8) is 0 Å². The van der Waals surface area contributed by atoms with Crippen LogP contribution in [-0.2, 0) is 10.2 Å². The van der Waals surface area contributed by atoms with Crippen LogP contribution in [0.2, 0.25) is 0 Å². The molecule has 0 aromatic heterocycles. The summed E-state index contributed by atoms with van der Waals surface area (Å²) in [6.07, 6.45) is 1.75. The average Bonchev–Trinajstić information content (AvgIpc) is 2.45. The molecular formula is C17H27N3O2. The molecule has 3 N–H and O–H groups in total. The highest BCUT2D eigenvalue weighted by molar-refractivity contribution is 5.95. The van der Waals surface area contributed by atoms with E-state index in [2.05, 4.69) is 43.0 Å². The van der Waals surface area contributed by atoms with Crippen molar-refractivity contribution in [1.82, 2.24) is 5.32 Å². The van der Waals surface area contributed by atoms with Gasteiger partial charge in [-0.05, 0) is 23.1 Å². The smallest absolute Gasteiger partial charge is 0.196 e. The zero-order chi connectivity index (χ0) is 16.6. The van der Waals surface area contributed by atoms with Gasteiger partial charge in [0.15, 0.2) is 5.96 Å². The number of hydrogen-bond acceptors (Lipinski definition) is 3. The summed E-state index contributed by atoms with van der Waals surface area (Å²) in [5.74, 6) is 0.770. The van der Waals surface area contributed by atoms with Gasteiger partial charge in [0, 0.05) is 13.7 Å². The lowest BCUT2D eigenvalue weighted by Crippen LogP contribution is -2.31. The van der Waals surface area contributed by atoms with Crippen LogP contribution in [0.5, 0.6) is 5.75 Å². The zero-order valence-corrected chi connectivity index (χ0v) is 13.9. The van der Waals surface area contributed by atoms with Crippen molar-refractivity contribution in [2.75, 3.05) is 32.1 Å². The zero-order valence-electron chi connectivity index (χ0n) is 13.9. The molecule has 0 spiro atoms. The Morgan fingerprint density at radius 2 is 2.14 bits per heavy atom. The Labute approximate surface area is 133 Å². The topological polar surface area (TPSA) is 65.9 Å². The van der Waals surface area contributed by atoms with E-state index in [0.717, 1.165) is 5.56 Å². The Balaban J connectivity index is 2.96. The van der Waals surface area contributed by atoms with Gasteiger partial charge in [0.1, 0.15) is 5.75 Å². The molecule has 0 aliphatic carbocycles. The van der Waals surface area contributed by atoms with Crippen molar-refractivity contribution in [2.24, 2.45) is 4.99 Å². The van der Waals surface area contributed by atoms with Crippen molar-refractivity contribution in [1.29, 1.82) is 0 Å². The fourth-order valence-electron chi connectivity index (χ4n) is 1.79. The number of rotatable bonds is 6. The number of guanidine groups is 1. The number of nitrogens with one attached hydrogen (secondary N) is 2. The highest BCUT2D eigenvalue weighted by Crippen LogP contribution is 2.30. The van der Waals surface area contributed by atoms with Crippen molar-refractivity contribution < 1.29 is 9.84 Å². The normalized spacial score (nSPS) is 12.1. The van der Waals surface area contributed by atoms with Crippen LogP contribution in [0.3, 0.4) is 0 Å². The summed E-state index contributed by atoms with van der Waals surface area (Å²) in [6, 6.07) is 5.57. The van der Waals surface area contributed by atoms with Gasteiger partial charge in [-0.15, -0.1) is 6.58 Å². The number of methoxy groups -OCH3 is 1. The van der Waals surface area contributed by atoms with Crippen molar-refractivity contribution in [3.05, 3.63) is 36.4 Å². The Morgan fingerprint density at radius 1 is 1.41 bits per heavy atom. The quantitative estimate of drug-likeness (QED) is 0.249. The van der Waals surface area contributed by atoms with Gasteiger partial charge in [0.2, 0.25) is 0 Å². The SMILES string of the molecule is C=CCNC(=NCCOC)Nc1cc(C(C)(C)C)ccc1O. The van der Waals surface area contributed by atoms with Crippen LogP contribution in [0.25, 0.3) is 0 Å². The molecule has 0 radical (unpaired) electrons. The average molecular weight is 305 g/mol. The highest BCUT2D eigenvalue weighted by Gasteiger charge is 2.16. The number of aliphatic imine (C=N–C) groups is 1. The van der Waals surface area contributed by atoms with Gasteiger partial charge in [-0.25, -0.2) is 0 Å². The van der Waals surface area contributed by atoms with Gasteiger partial charge in [-0.1, -0.05) is 32.9 Å². The molecule has 0 fully saturated rings. The molecule has 0 saturated heterocycles. The predicted octanol–water partition coefficient (Wildman–Crippen LogP) is 2.88. The third-order valence-corrected chi connectivity index (χ3v) is 3.09. The Morgan fingerprint density at radius 3 is 2.73 bits per heavy atom. The molecule has 0 atom stereocenters. The first-order chi connectivity index (χ1) is 10.4. The third kappa shape index (κ3) is 5.77. The third-order valence-electron chi connectivity index (χ3n) is 3.09. The summed E-state index contributed by atoms with van der Waals surface area (Å²) in [4.78, 5) is 4.39. The van der Waals surface area contributed by atoms with E-state index in [4.69, 9.17) is 4.74 Å². The molecule has 0 heterocycles. The van der Waals surface area contributed by atoms with Crippen LogP contribution in [0.4, 0.5) is 5.69 Å². The summed E-state index contributed by atoms with van der Waals surface area (Å²) in [6.45, 7) is 11.7. The minimum absolute atomic E-state index is 0.00598. The van der Waals surface area contributed by atoms with Crippen molar-refractivity contribution in [2.45, 2.75) is 26.2 Å². The largest absolute Gasteiger partial charge is 0.506 e. The Bertz CT molecular complexity index is 519. The van der Waals surface area contributed by atoms with Gasteiger partial charge in [-0.3, -0.25) is 4.99 Å². The summed E-state index contributed by atoms with van der Waals surface area (Å²) in [5.41, 5.74) is 1.76. The van der Waals surface area contributed by atoms with E-state index >= 15 is 0 Å². The summed E-state index contributed by atoms with van der Waals surface area (Å²) >= 11 is 0. The van der Waals surface area contributed by atoms with Crippen LogP contribution in [0, 0.1) is 0 Å². The molecule has 0 aliphatic heterocycles. The van der Waals surface area contributed by atoms with Crippen molar-refractivity contribution >= 4 is 11.6 Å². The summed E-state index contributed by atoms with van der Waals surface area (Å²) in [7, 11) is 1.64. The first kappa shape index (κ1) is 18.0. The molecule has 1 aromatic carbocycles.